The zero-order valence-corrected chi connectivity index (χ0v) is 8.98. The van der Waals surface area contributed by atoms with Gasteiger partial charge in [0.25, 0.3) is 5.91 Å². The van der Waals surface area contributed by atoms with Crippen LogP contribution in [0.1, 0.15) is 31.3 Å². The Bertz CT molecular complexity index is 318. The van der Waals surface area contributed by atoms with Crippen molar-refractivity contribution in [3.63, 3.8) is 0 Å². The molecule has 14 heavy (non-hydrogen) atoms. The lowest BCUT2D eigenvalue weighted by molar-refractivity contribution is 0.0925. The van der Waals surface area contributed by atoms with Crippen LogP contribution in [0.15, 0.2) is 6.20 Å². The van der Waals surface area contributed by atoms with Crippen molar-refractivity contribution >= 4 is 5.91 Å². The molecule has 1 aromatic heterocycles. The van der Waals surface area contributed by atoms with E-state index in [-0.39, 0.29) is 11.9 Å². The van der Waals surface area contributed by atoms with Gasteiger partial charge in [0.15, 0.2) is 5.69 Å². The fraction of sp³-hybridized carbons (Fsp3) is 0.667. The Labute approximate surface area is 83.5 Å². The normalized spacial score (nSPS) is 12.9. The smallest absolute Gasteiger partial charge is 0.273 e. The molecular formula is C9H16N4O. The van der Waals surface area contributed by atoms with Crippen LogP contribution < -0.4 is 5.32 Å². The molecule has 5 nitrogen and oxygen atoms in total. The van der Waals surface area contributed by atoms with E-state index >= 15 is 0 Å². The highest BCUT2D eigenvalue weighted by Crippen LogP contribution is 2.01. The Hall–Kier alpha value is -1.39. The number of hydrogen-bond donors (Lipinski definition) is 1. The van der Waals surface area contributed by atoms with Crippen molar-refractivity contribution in [1.29, 1.82) is 0 Å². The summed E-state index contributed by atoms with van der Waals surface area (Å²) in [5, 5.41) is 10.3. The number of nitrogens with zero attached hydrogens (tertiary/aromatic N) is 3. The van der Waals surface area contributed by atoms with E-state index in [1.807, 2.05) is 6.92 Å². The van der Waals surface area contributed by atoms with E-state index < -0.39 is 0 Å². The predicted octanol–water partition coefficient (Wildman–Crippen LogP) is 0.589. The molecule has 0 aromatic carbocycles. The van der Waals surface area contributed by atoms with Crippen LogP contribution in [0.5, 0.6) is 0 Å². The molecule has 1 N–H and O–H groups in total. The van der Waals surface area contributed by atoms with Gasteiger partial charge in [-0.05, 0) is 12.8 Å². The number of aryl methyl sites for hydroxylation is 1. The molecule has 0 fully saturated rings. The minimum atomic E-state index is -0.167. The van der Waals surface area contributed by atoms with Crippen LogP contribution >= 0.6 is 0 Å². The van der Waals surface area contributed by atoms with Crippen molar-refractivity contribution in [3.05, 3.63) is 11.9 Å². The van der Waals surface area contributed by atoms with Crippen LogP contribution in [0, 0.1) is 5.92 Å². The third-order valence-electron chi connectivity index (χ3n) is 2.19. The van der Waals surface area contributed by atoms with E-state index in [4.69, 9.17) is 0 Å². The van der Waals surface area contributed by atoms with Crippen molar-refractivity contribution in [2.24, 2.45) is 13.0 Å². The summed E-state index contributed by atoms with van der Waals surface area (Å²) in [6, 6.07) is 0.143. The van der Waals surface area contributed by atoms with Crippen LogP contribution in [0.2, 0.25) is 0 Å². The number of aromatic nitrogens is 3. The summed E-state index contributed by atoms with van der Waals surface area (Å²) >= 11 is 0. The molecule has 1 amide bonds. The van der Waals surface area contributed by atoms with Gasteiger partial charge in [-0.15, -0.1) is 5.10 Å². The Morgan fingerprint density at radius 3 is 2.57 bits per heavy atom. The maximum atomic E-state index is 11.5. The van der Waals surface area contributed by atoms with Gasteiger partial charge in [-0.2, -0.15) is 0 Å². The Kier molecular flexibility index (Phi) is 3.22. The molecule has 5 heteroatoms. The first-order valence-corrected chi connectivity index (χ1v) is 4.68. The molecule has 78 valence electrons. The topological polar surface area (TPSA) is 59.8 Å². The molecule has 0 saturated heterocycles. The minimum absolute atomic E-state index is 0.143. The lowest BCUT2D eigenvalue weighted by Crippen LogP contribution is -2.36. The van der Waals surface area contributed by atoms with Gasteiger partial charge in [-0.3, -0.25) is 9.48 Å². The first-order chi connectivity index (χ1) is 6.50. The zero-order valence-electron chi connectivity index (χ0n) is 8.98. The van der Waals surface area contributed by atoms with E-state index in [1.54, 1.807) is 13.2 Å². The summed E-state index contributed by atoms with van der Waals surface area (Å²) in [4.78, 5) is 11.5. The van der Waals surface area contributed by atoms with Gasteiger partial charge in [-0.25, -0.2) is 0 Å². The molecule has 1 heterocycles. The SMILES string of the molecule is CC(C)[C@@H](C)NC(=O)c1cn(C)nn1. The van der Waals surface area contributed by atoms with Gasteiger partial charge in [0.2, 0.25) is 0 Å². The molecule has 0 saturated carbocycles. The fourth-order valence-electron chi connectivity index (χ4n) is 0.899. The van der Waals surface area contributed by atoms with E-state index in [0.717, 1.165) is 0 Å². The lowest BCUT2D eigenvalue weighted by atomic mass is 10.1. The molecule has 0 radical (unpaired) electrons. The number of carbonyl (C=O) groups excluding carboxylic acids is 1. The molecule has 1 rings (SSSR count). The quantitative estimate of drug-likeness (QED) is 0.769. The van der Waals surface area contributed by atoms with E-state index in [9.17, 15) is 4.79 Å². The van der Waals surface area contributed by atoms with Gasteiger partial charge < -0.3 is 5.32 Å². The summed E-state index contributed by atoms with van der Waals surface area (Å²) < 4.78 is 1.51. The van der Waals surface area contributed by atoms with Crippen LogP contribution in [0.25, 0.3) is 0 Å². The highest BCUT2D eigenvalue weighted by Gasteiger charge is 2.14. The van der Waals surface area contributed by atoms with Crippen molar-refractivity contribution < 1.29 is 4.79 Å². The molecule has 1 aromatic rings. The monoisotopic (exact) mass is 196 g/mol. The first kappa shape index (κ1) is 10.7. The highest BCUT2D eigenvalue weighted by atomic mass is 16.2. The second-order valence-corrected chi connectivity index (χ2v) is 3.78. The van der Waals surface area contributed by atoms with Gasteiger partial charge in [0.1, 0.15) is 0 Å². The third-order valence-corrected chi connectivity index (χ3v) is 2.19. The average molecular weight is 196 g/mol. The van der Waals surface area contributed by atoms with Crippen LogP contribution in [0.4, 0.5) is 0 Å². The number of hydrogen-bond acceptors (Lipinski definition) is 3. The fourth-order valence-corrected chi connectivity index (χ4v) is 0.899. The zero-order chi connectivity index (χ0) is 10.7. The Morgan fingerprint density at radius 2 is 2.14 bits per heavy atom. The summed E-state index contributed by atoms with van der Waals surface area (Å²) in [7, 11) is 1.73. The Morgan fingerprint density at radius 1 is 1.50 bits per heavy atom. The maximum absolute atomic E-state index is 11.5. The molecule has 0 aliphatic carbocycles. The van der Waals surface area contributed by atoms with Gasteiger partial charge in [-0.1, -0.05) is 19.1 Å². The highest BCUT2D eigenvalue weighted by molar-refractivity contribution is 5.92. The third kappa shape index (κ3) is 2.55. The number of rotatable bonds is 3. The van der Waals surface area contributed by atoms with Crippen molar-refractivity contribution in [3.8, 4) is 0 Å². The molecule has 0 spiro atoms. The summed E-state index contributed by atoms with van der Waals surface area (Å²) in [6.07, 6.45) is 1.60. The van der Waals surface area contributed by atoms with Crippen molar-refractivity contribution in [2.75, 3.05) is 0 Å². The molecule has 0 aliphatic heterocycles. The van der Waals surface area contributed by atoms with Gasteiger partial charge >= 0.3 is 0 Å². The first-order valence-electron chi connectivity index (χ1n) is 4.68. The molecule has 0 bridgehead atoms. The maximum Gasteiger partial charge on any atom is 0.273 e. The standard InChI is InChI=1S/C9H16N4O/c1-6(2)7(3)10-9(14)8-5-13(4)12-11-8/h5-7H,1-4H3,(H,10,14)/t7-/m1/s1. The van der Waals surface area contributed by atoms with E-state index in [2.05, 4.69) is 29.5 Å². The molecule has 0 aliphatic rings. The minimum Gasteiger partial charge on any atom is -0.348 e. The molecule has 1 atom stereocenters. The van der Waals surface area contributed by atoms with E-state index in [0.29, 0.717) is 11.6 Å². The number of carbonyl (C=O) groups is 1. The van der Waals surface area contributed by atoms with Crippen LogP contribution in [-0.4, -0.2) is 26.9 Å². The molecule has 0 unspecified atom stereocenters. The second-order valence-electron chi connectivity index (χ2n) is 3.78. The molecular weight excluding hydrogens is 180 g/mol. The summed E-state index contributed by atoms with van der Waals surface area (Å²) in [5.74, 6) is 0.245. The Balaban J connectivity index is 2.59. The van der Waals surface area contributed by atoms with E-state index in [1.165, 1.54) is 4.68 Å². The summed E-state index contributed by atoms with van der Waals surface area (Å²) in [5.41, 5.74) is 0.361. The summed E-state index contributed by atoms with van der Waals surface area (Å²) in [6.45, 7) is 6.09. The van der Waals surface area contributed by atoms with Crippen molar-refractivity contribution in [2.45, 2.75) is 26.8 Å². The van der Waals surface area contributed by atoms with Crippen LogP contribution in [-0.2, 0) is 7.05 Å². The number of nitrogens with one attached hydrogen (secondary N) is 1. The van der Waals surface area contributed by atoms with Gasteiger partial charge in [0.05, 0.1) is 6.20 Å². The average Bonchev–Trinajstić information content (AvgIpc) is 2.51. The number of amides is 1. The van der Waals surface area contributed by atoms with Crippen LogP contribution in [0.3, 0.4) is 0 Å². The van der Waals surface area contributed by atoms with Gasteiger partial charge in [0, 0.05) is 13.1 Å². The largest absolute Gasteiger partial charge is 0.348 e. The van der Waals surface area contributed by atoms with Crippen molar-refractivity contribution in [1.82, 2.24) is 20.3 Å². The second kappa shape index (κ2) is 4.21. The predicted molar refractivity (Wildman–Crippen MR) is 52.8 cm³/mol. The lowest BCUT2D eigenvalue weighted by Gasteiger charge is -2.16.